The number of aromatic nitrogens is 3. The van der Waals surface area contributed by atoms with Crippen LogP contribution in [0.2, 0.25) is 0 Å². The van der Waals surface area contributed by atoms with E-state index in [1.807, 2.05) is 20.8 Å². The molecule has 0 saturated heterocycles. The van der Waals surface area contributed by atoms with Gasteiger partial charge in [0.25, 0.3) is 15.9 Å². The summed E-state index contributed by atoms with van der Waals surface area (Å²) in [5.41, 5.74) is 0.737. The number of non-ortho nitro benzene ring substituents is 1. The van der Waals surface area contributed by atoms with Gasteiger partial charge in [0.2, 0.25) is 11.4 Å². The molecule has 17 heteroatoms. The van der Waals surface area contributed by atoms with Crippen molar-refractivity contribution in [3.63, 3.8) is 0 Å². The minimum absolute atomic E-state index is 0.0363. The van der Waals surface area contributed by atoms with E-state index in [-0.39, 0.29) is 52.0 Å². The molecule has 0 unspecified atom stereocenters. The fourth-order valence-electron chi connectivity index (χ4n) is 5.37. The van der Waals surface area contributed by atoms with Gasteiger partial charge in [0, 0.05) is 43.8 Å². The summed E-state index contributed by atoms with van der Waals surface area (Å²) in [5.74, 6) is -1.17. The number of esters is 1. The van der Waals surface area contributed by atoms with Crippen molar-refractivity contribution in [1.29, 1.82) is 0 Å². The van der Waals surface area contributed by atoms with E-state index < -0.39 is 26.5 Å². The number of nitrogens with zero attached hydrogens (tertiary/aromatic N) is 5. The van der Waals surface area contributed by atoms with Crippen molar-refractivity contribution in [1.82, 2.24) is 24.9 Å². The van der Waals surface area contributed by atoms with Crippen LogP contribution in [-0.2, 0) is 30.9 Å². The van der Waals surface area contributed by atoms with Crippen molar-refractivity contribution in [3.05, 3.63) is 82.2 Å². The second-order valence-electron chi connectivity index (χ2n) is 13.3. The Morgan fingerprint density at radius 1 is 0.868 bits per heavy atom. The van der Waals surface area contributed by atoms with Crippen LogP contribution >= 0.6 is 0 Å². The van der Waals surface area contributed by atoms with E-state index in [1.54, 1.807) is 18.2 Å². The normalized spacial score (nSPS) is 11.6. The summed E-state index contributed by atoms with van der Waals surface area (Å²) in [6.07, 6.45) is 6.49. The third kappa shape index (κ3) is 12.1. The standard InChI is InChI=1S/C36H45N7O9S/c1-36(2,3)51-32(45)15-8-4-5-10-24-39-35(46)26-16-18-28(19-17-26)53(49,50)42(25-27-13-9-12-22-37-27)31(44)14-7-6-11-23-38-29-20-21-30(43(47)48)34-33(29)40-52-41-34/h9,12-13,16-22,38H,4-8,10-11,14-15,23-25H2,1-3H3,(H,39,46). The quantitative estimate of drug-likeness (QED) is 0.0463. The number of fused-ring (bicyclic) bond motifs is 1. The lowest BCUT2D eigenvalue weighted by atomic mass is 10.1. The number of ether oxygens (including phenoxy) is 1. The Bertz CT molecular complexity index is 1960. The predicted octanol–water partition coefficient (Wildman–Crippen LogP) is 5.94. The smallest absolute Gasteiger partial charge is 0.306 e. The minimum Gasteiger partial charge on any atom is -0.460 e. The Labute approximate surface area is 307 Å². The van der Waals surface area contributed by atoms with Gasteiger partial charge in [0.15, 0.2) is 5.52 Å². The summed E-state index contributed by atoms with van der Waals surface area (Å²) in [4.78, 5) is 52.7. The van der Waals surface area contributed by atoms with Gasteiger partial charge in [0.1, 0.15) is 5.60 Å². The molecule has 2 aromatic heterocycles. The van der Waals surface area contributed by atoms with Crippen LogP contribution < -0.4 is 10.6 Å². The monoisotopic (exact) mass is 751 g/mol. The molecule has 0 bridgehead atoms. The second kappa shape index (κ2) is 18.9. The van der Waals surface area contributed by atoms with Crippen molar-refractivity contribution in [2.75, 3.05) is 18.4 Å². The molecule has 4 rings (SSSR count). The lowest BCUT2D eigenvalue weighted by molar-refractivity contribution is -0.383. The van der Waals surface area contributed by atoms with Gasteiger partial charge in [0.05, 0.1) is 27.7 Å². The molecule has 0 atom stereocenters. The number of rotatable bonds is 20. The first-order chi connectivity index (χ1) is 25.3. The number of amides is 2. The molecule has 284 valence electrons. The number of nitro groups is 1. The predicted molar refractivity (Wildman–Crippen MR) is 195 cm³/mol. The van der Waals surface area contributed by atoms with Crippen molar-refractivity contribution in [2.45, 2.75) is 95.6 Å². The average molecular weight is 752 g/mol. The first-order valence-electron chi connectivity index (χ1n) is 17.5. The Morgan fingerprint density at radius 3 is 2.25 bits per heavy atom. The average Bonchev–Trinajstić information content (AvgIpc) is 3.61. The summed E-state index contributed by atoms with van der Waals surface area (Å²) in [6, 6.07) is 13.3. The lowest BCUT2D eigenvalue weighted by Gasteiger charge is -2.22. The Kier molecular flexibility index (Phi) is 14.4. The zero-order chi connectivity index (χ0) is 38.4. The number of carbonyl (C=O) groups is 3. The molecule has 53 heavy (non-hydrogen) atoms. The molecule has 2 amide bonds. The summed E-state index contributed by atoms with van der Waals surface area (Å²) in [6.45, 7) is 6.11. The summed E-state index contributed by atoms with van der Waals surface area (Å²) >= 11 is 0. The molecule has 16 nitrogen and oxygen atoms in total. The van der Waals surface area contributed by atoms with Crippen LogP contribution in [0.3, 0.4) is 0 Å². The summed E-state index contributed by atoms with van der Waals surface area (Å²) < 4.78 is 38.4. The maximum Gasteiger partial charge on any atom is 0.306 e. The van der Waals surface area contributed by atoms with Crippen molar-refractivity contribution >= 4 is 50.2 Å². The Balaban J connectivity index is 1.27. The van der Waals surface area contributed by atoms with E-state index >= 15 is 0 Å². The number of hydrogen-bond donors (Lipinski definition) is 2. The topological polar surface area (TPSA) is 217 Å². The molecular formula is C36H45N7O9S. The number of nitrogens with one attached hydrogen (secondary N) is 2. The number of hydrogen-bond acceptors (Lipinski definition) is 13. The van der Waals surface area contributed by atoms with Crippen molar-refractivity contribution < 1.29 is 37.1 Å². The van der Waals surface area contributed by atoms with E-state index in [0.717, 1.165) is 23.6 Å². The number of benzene rings is 2. The van der Waals surface area contributed by atoms with Crippen molar-refractivity contribution in [3.8, 4) is 0 Å². The maximum atomic E-state index is 13.8. The highest BCUT2D eigenvalue weighted by Crippen LogP contribution is 2.29. The number of pyridine rings is 1. The zero-order valence-electron chi connectivity index (χ0n) is 30.1. The number of anilines is 1. The van der Waals surface area contributed by atoms with Gasteiger partial charge in [-0.2, -0.15) is 0 Å². The highest BCUT2D eigenvalue weighted by molar-refractivity contribution is 7.89. The number of nitro benzene ring substituents is 1. The van der Waals surface area contributed by atoms with Crippen LogP contribution in [0.5, 0.6) is 0 Å². The SMILES string of the molecule is CC(C)(C)OC(=O)CCCCCCNC(=O)c1ccc(S(=O)(=O)N(Cc2ccccn2)C(=O)CCCCCNc2ccc([N+](=O)[O-])c3nonc23)cc1. The molecule has 0 radical (unpaired) electrons. The molecule has 0 aliphatic rings. The summed E-state index contributed by atoms with van der Waals surface area (Å²) in [7, 11) is -4.30. The van der Waals surface area contributed by atoms with Crippen LogP contribution in [0.4, 0.5) is 11.4 Å². The van der Waals surface area contributed by atoms with Crippen LogP contribution in [0.25, 0.3) is 11.0 Å². The van der Waals surface area contributed by atoms with E-state index in [1.165, 1.54) is 42.6 Å². The van der Waals surface area contributed by atoms with Gasteiger partial charge >= 0.3 is 11.7 Å². The molecule has 0 aliphatic carbocycles. The lowest BCUT2D eigenvalue weighted by Crippen LogP contribution is -2.36. The van der Waals surface area contributed by atoms with E-state index in [4.69, 9.17) is 4.74 Å². The molecule has 0 saturated carbocycles. The first kappa shape index (κ1) is 40.3. The maximum absolute atomic E-state index is 13.8. The third-order valence-corrected chi connectivity index (χ3v) is 9.78. The van der Waals surface area contributed by atoms with Gasteiger partial charge in [-0.15, -0.1) is 0 Å². The van der Waals surface area contributed by atoms with Gasteiger partial charge in [-0.25, -0.2) is 17.4 Å². The van der Waals surface area contributed by atoms with Crippen molar-refractivity contribution in [2.24, 2.45) is 0 Å². The van der Waals surface area contributed by atoms with E-state index in [9.17, 15) is 32.9 Å². The fourth-order valence-corrected chi connectivity index (χ4v) is 6.76. The van der Waals surface area contributed by atoms with Crippen LogP contribution in [0, 0.1) is 10.1 Å². The second-order valence-corrected chi connectivity index (χ2v) is 15.2. The molecule has 2 N–H and O–H groups in total. The van der Waals surface area contributed by atoms with E-state index in [0.29, 0.717) is 56.6 Å². The molecule has 0 spiro atoms. The highest BCUT2D eigenvalue weighted by Gasteiger charge is 2.30. The summed E-state index contributed by atoms with van der Waals surface area (Å²) in [5, 5.41) is 24.6. The van der Waals surface area contributed by atoms with E-state index in [2.05, 4.69) is 30.6 Å². The Morgan fingerprint density at radius 2 is 1.55 bits per heavy atom. The molecule has 0 aliphatic heterocycles. The zero-order valence-corrected chi connectivity index (χ0v) is 30.9. The molecule has 2 heterocycles. The molecule has 4 aromatic rings. The number of unbranched alkanes of at least 4 members (excludes halogenated alkanes) is 5. The molecular weight excluding hydrogens is 707 g/mol. The minimum atomic E-state index is -4.30. The number of carbonyl (C=O) groups excluding carboxylic acids is 3. The van der Waals surface area contributed by atoms with Gasteiger partial charge in [-0.05, 0) is 99.2 Å². The fraction of sp³-hybridized carbons (Fsp3) is 0.444. The Hall–Kier alpha value is -5.45. The van der Waals surface area contributed by atoms with Gasteiger partial charge < -0.3 is 15.4 Å². The number of sulfonamides is 1. The van der Waals surface area contributed by atoms with Crippen LogP contribution in [0.1, 0.15) is 94.6 Å². The van der Waals surface area contributed by atoms with Gasteiger partial charge in [-0.1, -0.05) is 25.3 Å². The molecule has 0 fully saturated rings. The largest absolute Gasteiger partial charge is 0.460 e. The van der Waals surface area contributed by atoms with Crippen LogP contribution in [0.15, 0.2) is 70.3 Å². The van der Waals surface area contributed by atoms with Gasteiger partial charge in [-0.3, -0.25) is 29.5 Å². The third-order valence-electron chi connectivity index (χ3n) is 8.00. The molecule has 2 aromatic carbocycles. The first-order valence-corrected chi connectivity index (χ1v) is 18.9. The van der Waals surface area contributed by atoms with Crippen LogP contribution in [-0.4, -0.2) is 69.4 Å². The highest BCUT2D eigenvalue weighted by atomic mass is 32.2.